The first-order valence-corrected chi connectivity index (χ1v) is 8.80. The topological polar surface area (TPSA) is 64.0 Å². The van der Waals surface area contributed by atoms with Gasteiger partial charge in [-0.2, -0.15) is 18.2 Å². The van der Waals surface area contributed by atoms with E-state index in [0.717, 1.165) is 32.0 Å². The maximum Gasteiger partial charge on any atom is 0.408 e. The number of rotatable bonds is 5. The number of halogens is 4. The summed E-state index contributed by atoms with van der Waals surface area (Å²) in [6.07, 6.45) is -2.37. The van der Waals surface area contributed by atoms with Crippen LogP contribution < -0.4 is 15.4 Å². The van der Waals surface area contributed by atoms with E-state index in [0.29, 0.717) is 16.5 Å². The molecule has 1 aromatic carbocycles. The van der Waals surface area contributed by atoms with Gasteiger partial charge in [0.1, 0.15) is 18.1 Å². The van der Waals surface area contributed by atoms with Gasteiger partial charge in [0.2, 0.25) is 5.95 Å². The predicted molar refractivity (Wildman–Crippen MR) is 89.0 cm³/mol. The van der Waals surface area contributed by atoms with Crippen LogP contribution in [-0.2, 0) is 6.54 Å². The third kappa shape index (κ3) is 4.15. The molecular weight excluding hydrogens is 366 g/mol. The number of aromatic nitrogens is 3. The molecule has 1 aromatic heterocycles. The van der Waals surface area contributed by atoms with Gasteiger partial charge in [-0.1, -0.05) is 6.07 Å². The molecule has 2 bridgehead atoms. The molecule has 0 spiro atoms. The van der Waals surface area contributed by atoms with Crippen molar-refractivity contribution in [1.29, 1.82) is 0 Å². The standard InChI is InChI=1S/C17H19F4N5O/c18-12-2-1-3-13(6-12)27-16-24-15(25-26(16)9-17(19,20)21)23-14-10-4-5-11(14)8-22-7-10/h1-3,6,10-11,14,22H,4-5,7-9H2,(H,23,25)/t10-,11+,14-. The average molecular weight is 385 g/mol. The first-order chi connectivity index (χ1) is 12.9. The van der Waals surface area contributed by atoms with Crippen LogP contribution in [0.5, 0.6) is 11.8 Å². The van der Waals surface area contributed by atoms with Crippen molar-refractivity contribution in [1.82, 2.24) is 20.1 Å². The van der Waals surface area contributed by atoms with Gasteiger partial charge in [0.25, 0.3) is 0 Å². The molecule has 27 heavy (non-hydrogen) atoms. The van der Waals surface area contributed by atoms with Crippen molar-refractivity contribution in [2.45, 2.75) is 31.6 Å². The van der Waals surface area contributed by atoms with Gasteiger partial charge in [-0.3, -0.25) is 0 Å². The molecule has 146 valence electrons. The summed E-state index contributed by atoms with van der Waals surface area (Å²) >= 11 is 0. The number of nitrogens with zero attached hydrogens (tertiary/aromatic N) is 3. The molecule has 0 amide bonds. The van der Waals surface area contributed by atoms with Crippen molar-refractivity contribution in [3.63, 3.8) is 0 Å². The van der Waals surface area contributed by atoms with E-state index in [2.05, 4.69) is 20.7 Å². The Hall–Kier alpha value is -2.36. The first-order valence-electron chi connectivity index (χ1n) is 8.80. The second kappa shape index (κ2) is 6.99. The zero-order chi connectivity index (χ0) is 19.0. The Balaban J connectivity index is 1.57. The van der Waals surface area contributed by atoms with Crippen LogP contribution in [0.25, 0.3) is 0 Å². The second-order valence-electron chi connectivity index (χ2n) is 6.98. The van der Waals surface area contributed by atoms with Crippen LogP contribution in [0, 0.1) is 17.7 Å². The monoisotopic (exact) mass is 385 g/mol. The Labute approximate surface area is 152 Å². The fourth-order valence-electron chi connectivity index (χ4n) is 3.84. The van der Waals surface area contributed by atoms with E-state index in [9.17, 15) is 17.6 Å². The minimum atomic E-state index is -4.49. The van der Waals surface area contributed by atoms with E-state index in [4.69, 9.17) is 4.74 Å². The third-order valence-electron chi connectivity index (χ3n) is 5.00. The highest BCUT2D eigenvalue weighted by Crippen LogP contribution is 2.36. The molecule has 1 saturated carbocycles. The van der Waals surface area contributed by atoms with Crippen molar-refractivity contribution >= 4 is 5.95 Å². The number of fused-ring (bicyclic) bond motifs is 2. The molecule has 0 radical (unpaired) electrons. The number of nitrogens with one attached hydrogen (secondary N) is 2. The van der Waals surface area contributed by atoms with Crippen LogP contribution in [-0.4, -0.2) is 40.1 Å². The Morgan fingerprint density at radius 2 is 1.96 bits per heavy atom. The summed E-state index contributed by atoms with van der Waals surface area (Å²) in [7, 11) is 0. The zero-order valence-electron chi connectivity index (χ0n) is 14.3. The van der Waals surface area contributed by atoms with Gasteiger partial charge in [0, 0.05) is 12.1 Å². The minimum Gasteiger partial charge on any atom is -0.424 e. The Morgan fingerprint density at radius 3 is 2.63 bits per heavy atom. The molecule has 1 aliphatic carbocycles. The molecule has 2 heterocycles. The number of ether oxygens (including phenoxy) is 1. The van der Waals surface area contributed by atoms with Gasteiger partial charge in [-0.05, 0) is 49.9 Å². The SMILES string of the molecule is Fc1cccc(Oc2nc(N[C@@H]3[C@@H]4CC[C@H]3CNC4)nn2CC(F)(F)F)c1. The minimum absolute atomic E-state index is 0.0549. The molecule has 3 atom stereocenters. The van der Waals surface area contributed by atoms with Crippen molar-refractivity contribution in [3.8, 4) is 11.8 Å². The van der Waals surface area contributed by atoms with E-state index in [1.54, 1.807) is 0 Å². The molecule has 1 saturated heterocycles. The van der Waals surface area contributed by atoms with E-state index in [1.165, 1.54) is 18.2 Å². The van der Waals surface area contributed by atoms with Crippen LogP contribution in [0.1, 0.15) is 12.8 Å². The fraction of sp³-hybridized carbons (Fsp3) is 0.529. The molecule has 2 N–H and O–H groups in total. The molecule has 2 aliphatic rings. The zero-order valence-corrected chi connectivity index (χ0v) is 14.3. The third-order valence-corrected chi connectivity index (χ3v) is 5.00. The highest BCUT2D eigenvalue weighted by Gasteiger charge is 2.40. The van der Waals surface area contributed by atoms with Gasteiger partial charge in [0.15, 0.2) is 0 Å². The quantitative estimate of drug-likeness (QED) is 0.774. The number of hydrogen-bond donors (Lipinski definition) is 2. The van der Waals surface area contributed by atoms with Gasteiger partial charge in [-0.15, -0.1) is 5.10 Å². The van der Waals surface area contributed by atoms with Crippen molar-refractivity contribution in [2.75, 3.05) is 18.4 Å². The first kappa shape index (κ1) is 18.0. The van der Waals surface area contributed by atoms with Gasteiger partial charge in [0.05, 0.1) is 0 Å². The molecule has 2 fully saturated rings. The van der Waals surface area contributed by atoms with Crippen LogP contribution in [0.4, 0.5) is 23.5 Å². The van der Waals surface area contributed by atoms with Gasteiger partial charge < -0.3 is 15.4 Å². The molecule has 1 aliphatic heterocycles. The second-order valence-corrected chi connectivity index (χ2v) is 6.98. The fourth-order valence-corrected chi connectivity index (χ4v) is 3.84. The van der Waals surface area contributed by atoms with Crippen LogP contribution >= 0.6 is 0 Å². The lowest BCUT2D eigenvalue weighted by Crippen LogP contribution is -2.45. The Kier molecular flexibility index (Phi) is 4.67. The molecular formula is C17H19F4N5O. The van der Waals surface area contributed by atoms with Gasteiger partial charge in [-0.25, -0.2) is 9.07 Å². The number of alkyl halides is 3. The highest BCUT2D eigenvalue weighted by atomic mass is 19.4. The summed E-state index contributed by atoms with van der Waals surface area (Å²) in [6.45, 7) is 0.388. The van der Waals surface area contributed by atoms with E-state index in [-0.39, 0.29) is 23.8 Å². The van der Waals surface area contributed by atoms with Crippen molar-refractivity contribution in [2.24, 2.45) is 11.8 Å². The Morgan fingerprint density at radius 1 is 1.22 bits per heavy atom. The molecule has 6 nitrogen and oxygen atoms in total. The van der Waals surface area contributed by atoms with Gasteiger partial charge >= 0.3 is 12.2 Å². The van der Waals surface area contributed by atoms with E-state index in [1.807, 2.05) is 0 Å². The van der Waals surface area contributed by atoms with E-state index >= 15 is 0 Å². The summed E-state index contributed by atoms with van der Waals surface area (Å²) in [4.78, 5) is 4.09. The molecule has 10 heteroatoms. The van der Waals surface area contributed by atoms with Crippen LogP contribution in [0.2, 0.25) is 0 Å². The van der Waals surface area contributed by atoms with Crippen molar-refractivity contribution < 1.29 is 22.3 Å². The smallest absolute Gasteiger partial charge is 0.408 e. The highest BCUT2D eigenvalue weighted by molar-refractivity contribution is 5.32. The number of anilines is 1. The normalized spacial score (nSPS) is 24.8. The molecule has 4 rings (SSSR count). The lowest BCUT2D eigenvalue weighted by atomic mass is 9.94. The molecule has 0 unspecified atom stereocenters. The maximum atomic E-state index is 13.3. The lowest BCUT2D eigenvalue weighted by molar-refractivity contribution is -0.143. The predicted octanol–water partition coefficient (Wildman–Crippen LogP) is 3.18. The average Bonchev–Trinajstić information content (AvgIpc) is 3.02. The number of benzene rings is 1. The van der Waals surface area contributed by atoms with Crippen LogP contribution in [0.15, 0.2) is 24.3 Å². The summed E-state index contributed by atoms with van der Waals surface area (Å²) in [6, 6.07) is 4.92. The summed E-state index contributed by atoms with van der Waals surface area (Å²) in [5.41, 5.74) is 0. The van der Waals surface area contributed by atoms with Crippen molar-refractivity contribution in [3.05, 3.63) is 30.1 Å². The molecule has 2 aromatic rings. The lowest BCUT2D eigenvalue weighted by Gasteiger charge is -2.30. The van der Waals surface area contributed by atoms with E-state index < -0.39 is 18.5 Å². The summed E-state index contributed by atoms with van der Waals surface area (Å²) < 4.78 is 58.0. The maximum absolute atomic E-state index is 13.3. The van der Waals surface area contributed by atoms with Crippen LogP contribution in [0.3, 0.4) is 0 Å². The number of piperidine rings is 1. The summed E-state index contributed by atoms with van der Waals surface area (Å²) in [5, 5.41) is 10.5. The summed E-state index contributed by atoms with van der Waals surface area (Å²) in [5.74, 6) is 0.379. The largest absolute Gasteiger partial charge is 0.424 e. The number of hydrogen-bond acceptors (Lipinski definition) is 5. The Bertz CT molecular complexity index is 793.